The Morgan fingerprint density at radius 3 is 2.00 bits per heavy atom. The summed E-state index contributed by atoms with van der Waals surface area (Å²) in [4.78, 5) is 20.0. The van der Waals surface area contributed by atoms with Gasteiger partial charge in [-0.25, -0.2) is 26.6 Å². The van der Waals surface area contributed by atoms with E-state index in [4.69, 9.17) is 9.72 Å². The third-order valence-electron chi connectivity index (χ3n) is 8.49. The molecule has 11 heteroatoms. The minimum atomic E-state index is -4.43. The Hall–Kier alpha value is -6.07. The van der Waals surface area contributed by atoms with Gasteiger partial charge in [0.15, 0.2) is 5.82 Å². The second-order valence-electron chi connectivity index (χ2n) is 11.8. The molecule has 0 atom stereocenters. The SMILES string of the molecule is COC(=O)c1cnc(N(Cc2ccccc2)Cc2ccccc2)c2c1cc(-c1cccc(-c3cnn(C)c3)c1F)n2S(=O)(=O)c1ccccc1. The number of anilines is 1. The summed E-state index contributed by atoms with van der Waals surface area (Å²) in [7, 11) is -1.45. The van der Waals surface area contributed by atoms with Crippen LogP contribution >= 0.6 is 0 Å². The number of carbonyl (C=O) groups is 1. The number of fused-ring (bicyclic) bond motifs is 1. The normalized spacial score (nSPS) is 11.5. The molecule has 3 aromatic heterocycles. The lowest BCUT2D eigenvalue weighted by atomic mass is 10.0. The van der Waals surface area contributed by atoms with Crippen molar-refractivity contribution in [3.8, 4) is 22.4 Å². The van der Waals surface area contributed by atoms with Crippen LogP contribution in [0.15, 0.2) is 139 Å². The number of esters is 1. The van der Waals surface area contributed by atoms with Crippen LogP contribution in [-0.2, 0) is 34.9 Å². The lowest BCUT2D eigenvalue weighted by Crippen LogP contribution is -2.25. The van der Waals surface area contributed by atoms with Crippen LogP contribution < -0.4 is 4.90 Å². The number of pyridine rings is 1. The highest BCUT2D eigenvalue weighted by atomic mass is 32.2. The molecule has 0 amide bonds. The van der Waals surface area contributed by atoms with Gasteiger partial charge in [-0.2, -0.15) is 5.10 Å². The van der Waals surface area contributed by atoms with Crippen molar-refractivity contribution in [3.05, 3.63) is 156 Å². The van der Waals surface area contributed by atoms with Crippen LogP contribution in [0.4, 0.5) is 10.2 Å². The Labute approximate surface area is 288 Å². The van der Waals surface area contributed by atoms with Gasteiger partial charge in [0.05, 0.1) is 29.5 Å². The first-order valence-electron chi connectivity index (χ1n) is 15.8. The zero-order chi connectivity index (χ0) is 34.8. The Morgan fingerprint density at radius 2 is 1.42 bits per heavy atom. The minimum Gasteiger partial charge on any atom is -0.465 e. The van der Waals surface area contributed by atoms with Gasteiger partial charge < -0.3 is 9.64 Å². The van der Waals surface area contributed by atoms with E-state index in [2.05, 4.69) is 5.10 Å². The topological polar surface area (TPSA) is 99.3 Å². The Kier molecular flexibility index (Phi) is 8.73. The van der Waals surface area contributed by atoms with Gasteiger partial charge in [-0.15, -0.1) is 0 Å². The largest absolute Gasteiger partial charge is 0.465 e. The number of aromatic nitrogens is 4. The summed E-state index contributed by atoms with van der Waals surface area (Å²) in [5.41, 5.74) is 2.86. The maximum Gasteiger partial charge on any atom is 0.340 e. The van der Waals surface area contributed by atoms with Crippen molar-refractivity contribution in [1.29, 1.82) is 0 Å². The highest BCUT2D eigenvalue weighted by Gasteiger charge is 2.32. The maximum atomic E-state index is 16.7. The first-order valence-corrected chi connectivity index (χ1v) is 17.2. The molecule has 7 rings (SSSR count). The van der Waals surface area contributed by atoms with Gasteiger partial charge in [0.2, 0.25) is 0 Å². The number of ether oxygens (including phenoxy) is 1. The van der Waals surface area contributed by atoms with Crippen molar-refractivity contribution >= 4 is 32.7 Å². The van der Waals surface area contributed by atoms with Gasteiger partial charge in [0.25, 0.3) is 10.0 Å². The fraction of sp³-hybridized carbons (Fsp3) is 0.103. The predicted octanol–water partition coefficient (Wildman–Crippen LogP) is 7.47. The van der Waals surface area contributed by atoms with Crippen LogP contribution in [-0.4, -0.2) is 40.2 Å². The van der Waals surface area contributed by atoms with E-state index in [0.717, 1.165) is 15.1 Å². The maximum absolute atomic E-state index is 16.7. The highest BCUT2D eigenvalue weighted by molar-refractivity contribution is 7.90. The van der Waals surface area contributed by atoms with Crippen LogP contribution in [0.5, 0.6) is 0 Å². The number of rotatable bonds is 10. The van der Waals surface area contributed by atoms with Gasteiger partial charge in [0.1, 0.15) is 11.3 Å². The van der Waals surface area contributed by atoms with Crippen LogP contribution in [0.3, 0.4) is 0 Å². The van der Waals surface area contributed by atoms with E-state index in [1.54, 1.807) is 54.5 Å². The van der Waals surface area contributed by atoms with Gasteiger partial charge in [-0.3, -0.25) is 4.68 Å². The molecule has 0 fully saturated rings. The summed E-state index contributed by atoms with van der Waals surface area (Å²) < 4.78 is 54.3. The number of halogens is 1. The quantitative estimate of drug-likeness (QED) is 0.138. The lowest BCUT2D eigenvalue weighted by molar-refractivity contribution is 0.0602. The summed E-state index contributed by atoms with van der Waals surface area (Å²) in [5.74, 6) is -1.07. The zero-order valence-corrected chi connectivity index (χ0v) is 28.1. The van der Waals surface area contributed by atoms with Gasteiger partial charge in [-0.1, -0.05) is 91.0 Å². The molecule has 0 saturated carbocycles. The molecule has 0 radical (unpaired) electrons. The van der Waals surface area contributed by atoms with Crippen LogP contribution in [0.25, 0.3) is 33.3 Å². The van der Waals surface area contributed by atoms with Crippen LogP contribution in [0, 0.1) is 5.82 Å². The fourth-order valence-corrected chi connectivity index (χ4v) is 7.67. The average Bonchev–Trinajstić information content (AvgIpc) is 3.76. The van der Waals surface area contributed by atoms with E-state index >= 15 is 4.39 Å². The van der Waals surface area contributed by atoms with Crippen molar-refractivity contribution in [1.82, 2.24) is 18.7 Å². The Bertz CT molecular complexity index is 2390. The van der Waals surface area contributed by atoms with Gasteiger partial charge >= 0.3 is 5.97 Å². The minimum absolute atomic E-state index is 0.0153. The molecule has 0 unspecified atom stereocenters. The predicted molar refractivity (Wildman–Crippen MR) is 190 cm³/mol. The number of methoxy groups -OCH3 is 1. The van der Waals surface area contributed by atoms with Crippen molar-refractivity contribution in [2.75, 3.05) is 12.0 Å². The van der Waals surface area contributed by atoms with Crippen molar-refractivity contribution in [2.24, 2.45) is 7.05 Å². The molecule has 0 aliphatic rings. The van der Waals surface area contributed by atoms with Crippen molar-refractivity contribution < 1.29 is 22.3 Å². The molecule has 0 aliphatic heterocycles. The smallest absolute Gasteiger partial charge is 0.340 e. The molecule has 0 spiro atoms. The van der Waals surface area contributed by atoms with Gasteiger partial charge in [0, 0.05) is 54.6 Å². The molecule has 7 aromatic rings. The molecule has 4 aromatic carbocycles. The molecule has 50 heavy (non-hydrogen) atoms. The molecule has 0 bridgehead atoms. The highest BCUT2D eigenvalue weighted by Crippen LogP contribution is 2.41. The summed E-state index contributed by atoms with van der Waals surface area (Å²) in [6.45, 7) is 0.707. The molecule has 3 heterocycles. The van der Waals surface area contributed by atoms with E-state index < -0.39 is 21.8 Å². The first-order chi connectivity index (χ1) is 24.3. The molecule has 250 valence electrons. The Morgan fingerprint density at radius 1 is 0.820 bits per heavy atom. The van der Waals surface area contributed by atoms with E-state index in [1.807, 2.05) is 65.6 Å². The van der Waals surface area contributed by atoms with Gasteiger partial charge in [-0.05, 0) is 35.4 Å². The van der Waals surface area contributed by atoms with E-state index in [-0.39, 0.29) is 44.0 Å². The summed E-state index contributed by atoms with van der Waals surface area (Å²) in [6.07, 6.45) is 4.61. The molecule has 0 aliphatic carbocycles. The molecule has 9 nitrogen and oxygen atoms in total. The number of benzene rings is 4. The zero-order valence-electron chi connectivity index (χ0n) is 27.3. The van der Waals surface area contributed by atoms with E-state index in [1.165, 1.54) is 37.6 Å². The summed E-state index contributed by atoms with van der Waals surface area (Å²) >= 11 is 0. The lowest BCUT2D eigenvalue weighted by Gasteiger charge is -2.26. The molecule has 0 N–H and O–H groups in total. The average molecular weight is 686 g/mol. The number of aryl methyl sites for hydroxylation is 1. The van der Waals surface area contributed by atoms with Crippen LogP contribution in [0.1, 0.15) is 21.5 Å². The number of hydrogen-bond donors (Lipinski definition) is 0. The third-order valence-corrected chi connectivity index (χ3v) is 10.2. The molecular weight excluding hydrogens is 654 g/mol. The van der Waals surface area contributed by atoms with Crippen molar-refractivity contribution in [2.45, 2.75) is 18.0 Å². The van der Waals surface area contributed by atoms with Crippen LogP contribution in [0.2, 0.25) is 0 Å². The second kappa shape index (κ2) is 13.4. The van der Waals surface area contributed by atoms with Crippen molar-refractivity contribution in [3.63, 3.8) is 0 Å². The molecular formula is C39H32FN5O4S. The summed E-state index contributed by atoms with van der Waals surface area (Å²) in [5, 5.41) is 4.44. The third kappa shape index (κ3) is 6.03. The number of hydrogen-bond acceptors (Lipinski definition) is 7. The standard InChI is InChI=1S/C39H32FN5O4S/c1-43-26-29(22-42-43)31-19-12-20-32(36(31)40)35-21-33-34(39(46)49-2)23-41-38(37(33)45(35)50(47,48)30-17-10-5-11-18-30)44(24-27-13-6-3-7-14-27)25-28-15-8-4-9-16-28/h3-23,26H,24-25H2,1-2H3. The molecule has 0 saturated heterocycles. The number of carbonyl (C=O) groups excluding carboxylic acids is 1. The first kappa shape index (κ1) is 32.5. The van der Waals surface area contributed by atoms with E-state index in [9.17, 15) is 13.2 Å². The fourth-order valence-electron chi connectivity index (χ4n) is 6.13. The Balaban J connectivity index is 1.58. The monoisotopic (exact) mass is 685 g/mol. The summed E-state index contributed by atoms with van der Waals surface area (Å²) in [6, 6.07) is 33.7. The second-order valence-corrected chi connectivity index (χ2v) is 13.5. The van der Waals surface area contributed by atoms with E-state index in [0.29, 0.717) is 18.7 Å². The number of nitrogens with zero attached hydrogens (tertiary/aromatic N) is 5.